The molecule has 0 spiro atoms. The lowest BCUT2D eigenvalue weighted by Crippen LogP contribution is -2.47. The van der Waals surface area contributed by atoms with Crippen LogP contribution in [-0.4, -0.2) is 107 Å². The zero-order valence-electron chi connectivity index (χ0n) is 34.2. The van der Waals surface area contributed by atoms with Crippen molar-refractivity contribution in [3.63, 3.8) is 0 Å². The number of benzene rings is 2. The van der Waals surface area contributed by atoms with Gasteiger partial charge in [0.25, 0.3) is 11.9 Å². The minimum Gasteiger partial charge on any atom is -0.365 e. The van der Waals surface area contributed by atoms with Gasteiger partial charge >= 0.3 is 0 Å². The monoisotopic (exact) mass is 861 g/mol. The van der Waals surface area contributed by atoms with Crippen LogP contribution < -0.4 is 48.9 Å². The van der Waals surface area contributed by atoms with E-state index in [-0.39, 0.29) is 74.3 Å². The topological polar surface area (TPSA) is 347 Å². The molecule has 0 aliphatic rings. The van der Waals surface area contributed by atoms with Gasteiger partial charge in [0.1, 0.15) is 12.1 Å². The molecule has 0 unspecified atom stereocenters. The highest BCUT2D eigenvalue weighted by molar-refractivity contribution is 5.93. The Morgan fingerprint density at radius 1 is 0.613 bits per heavy atom. The first-order chi connectivity index (χ1) is 29.9. The fraction of sp³-hybridized carbons (Fsp3) is 0.436. The first-order valence-electron chi connectivity index (χ1n) is 20.3. The van der Waals surface area contributed by atoms with Crippen LogP contribution in [0, 0.1) is 20.2 Å². The number of guanidine groups is 2. The summed E-state index contributed by atoms with van der Waals surface area (Å²) >= 11 is 0. The lowest BCUT2D eigenvalue weighted by atomic mass is 10.1. The van der Waals surface area contributed by atoms with E-state index in [9.17, 15) is 39.4 Å². The van der Waals surface area contributed by atoms with E-state index in [2.05, 4.69) is 46.5 Å². The van der Waals surface area contributed by atoms with Crippen LogP contribution in [0.1, 0.15) is 56.1 Å². The van der Waals surface area contributed by atoms with Crippen LogP contribution in [0.4, 0.5) is 0 Å². The lowest BCUT2D eigenvalue weighted by Gasteiger charge is -2.18. The quantitative estimate of drug-likeness (QED) is 0.0125. The number of nitrogens with zero attached hydrogens (tertiary/aromatic N) is 4. The molecule has 23 nitrogen and oxygen atoms in total. The fourth-order valence-electron chi connectivity index (χ4n) is 6.56. The minimum absolute atomic E-state index is 0.0574. The number of para-hydroxylation sites is 2. The number of aliphatic imine (C=N–C) groups is 2. The predicted molar refractivity (Wildman–Crippen MR) is 232 cm³/mol. The number of hydrazine groups is 2. The van der Waals surface area contributed by atoms with Crippen molar-refractivity contribution in [2.75, 3.05) is 39.3 Å². The lowest BCUT2D eigenvalue weighted by molar-refractivity contribution is -0.525. The summed E-state index contributed by atoms with van der Waals surface area (Å²) < 4.78 is 0. The molecule has 62 heavy (non-hydrogen) atoms. The number of carbonyl (C=O) groups excluding carboxylic acids is 4. The first-order valence-corrected chi connectivity index (χ1v) is 20.3. The van der Waals surface area contributed by atoms with Crippen molar-refractivity contribution in [1.29, 1.82) is 0 Å². The van der Waals surface area contributed by atoms with Gasteiger partial charge in [-0.25, -0.2) is 30.2 Å². The van der Waals surface area contributed by atoms with Crippen molar-refractivity contribution in [3.05, 3.63) is 92.3 Å². The van der Waals surface area contributed by atoms with Gasteiger partial charge in [0.15, 0.2) is 10.1 Å². The Morgan fingerprint density at radius 2 is 1.03 bits per heavy atom. The predicted octanol–water partition coefficient (Wildman–Crippen LogP) is 0.149. The van der Waals surface area contributed by atoms with E-state index in [1.807, 2.05) is 48.5 Å². The molecule has 13 N–H and O–H groups in total. The van der Waals surface area contributed by atoms with E-state index in [4.69, 9.17) is 11.5 Å². The highest BCUT2D eigenvalue weighted by Crippen LogP contribution is 2.19. The van der Waals surface area contributed by atoms with Gasteiger partial charge in [0.05, 0.1) is 12.8 Å². The van der Waals surface area contributed by atoms with Crippen LogP contribution in [-0.2, 0) is 32.0 Å². The van der Waals surface area contributed by atoms with Crippen LogP contribution in [0.2, 0.25) is 0 Å². The molecule has 0 aliphatic carbocycles. The summed E-state index contributed by atoms with van der Waals surface area (Å²) in [4.78, 5) is 87.6. The summed E-state index contributed by atoms with van der Waals surface area (Å²) in [5.41, 5.74) is 17.9. The van der Waals surface area contributed by atoms with Crippen molar-refractivity contribution in [2.45, 2.75) is 69.9 Å². The van der Waals surface area contributed by atoms with E-state index in [0.717, 1.165) is 39.4 Å². The number of hydrogen-bond donors (Lipinski definition) is 11. The third-order valence-corrected chi connectivity index (χ3v) is 9.54. The number of nitro groups is 2. The molecule has 2 aromatic carbocycles. The molecule has 4 aromatic rings. The second kappa shape index (κ2) is 25.4. The molecular formula is C39H55N15O8. The molecule has 0 saturated carbocycles. The van der Waals surface area contributed by atoms with Crippen LogP contribution >= 0.6 is 0 Å². The van der Waals surface area contributed by atoms with Gasteiger partial charge in [-0.3, -0.25) is 19.2 Å². The molecule has 0 aliphatic heterocycles. The second-order valence-electron chi connectivity index (χ2n) is 14.3. The normalized spacial score (nSPS) is 12.6. The van der Waals surface area contributed by atoms with E-state index in [0.29, 0.717) is 51.9 Å². The van der Waals surface area contributed by atoms with E-state index >= 15 is 0 Å². The van der Waals surface area contributed by atoms with Crippen molar-refractivity contribution < 1.29 is 29.2 Å². The summed E-state index contributed by atoms with van der Waals surface area (Å²) in [5.74, 6) is -2.14. The first kappa shape index (κ1) is 47.4. The maximum Gasteiger partial charge on any atom is 0.251 e. The van der Waals surface area contributed by atoms with Crippen LogP contribution in [0.15, 0.2) is 70.9 Å². The van der Waals surface area contributed by atoms with Crippen molar-refractivity contribution in [3.8, 4) is 0 Å². The number of carbonyl (C=O) groups is 4. The zero-order chi connectivity index (χ0) is 44.7. The summed E-state index contributed by atoms with van der Waals surface area (Å²) in [6.45, 7) is 2.15. The number of aromatic amines is 2. The summed E-state index contributed by atoms with van der Waals surface area (Å²) in [7, 11) is 0. The van der Waals surface area contributed by atoms with Gasteiger partial charge in [0, 0.05) is 60.4 Å². The molecule has 23 heteroatoms. The summed E-state index contributed by atoms with van der Waals surface area (Å²) in [6, 6.07) is 13.4. The largest absolute Gasteiger partial charge is 0.365 e. The van der Waals surface area contributed by atoms with Gasteiger partial charge in [-0.05, 0) is 81.3 Å². The smallest absolute Gasteiger partial charge is 0.251 e. The zero-order valence-corrected chi connectivity index (χ0v) is 34.2. The molecule has 4 amide bonds. The average Bonchev–Trinajstić information content (AvgIpc) is 3.83. The molecule has 0 radical (unpaired) electrons. The van der Waals surface area contributed by atoms with E-state index in [1.165, 1.54) is 0 Å². The Kier molecular flexibility index (Phi) is 19.4. The van der Waals surface area contributed by atoms with Gasteiger partial charge in [-0.1, -0.05) is 47.2 Å². The summed E-state index contributed by atoms with van der Waals surface area (Å²) in [5, 5.41) is 36.0. The number of hydrogen-bond acceptors (Lipinski definition) is 11. The Bertz CT molecular complexity index is 2030. The molecule has 0 saturated heterocycles. The number of nitrogens with two attached hydrogens (primary N) is 2. The number of unbranched alkanes of at least 4 members (excludes halogenated alkanes) is 1. The maximum atomic E-state index is 13.2. The second-order valence-corrected chi connectivity index (χ2v) is 14.3. The molecule has 0 fully saturated rings. The third-order valence-electron chi connectivity index (χ3n) is 9.54. The van der Waals surface area contributed by atoms with Crippen LogP contribution in [0.25, 0.3) is 21.8 Å². The number of nitrogens with one attached hydrogen (secondary N) is 9. The standard InChI is InChI=1S/C39H55N15O8/c40-38(51-53(59)60)45-19-7-14-32(49-34(55)22-26-24-47-30-12-3-1-10-28(26)30)36(57)43-18-6-5-16-42-17-9-21-44-37(58)33(15-8-20-46-39(41)52-54(61)62)50-35(56)23-27-25-48-31-13-4-2-11-29(27)31/h1-4,10-13,24-25,32-33,42,47-48H,5-9,14-23H2,(H,43,57)(H,44,58)(H,49,55)(H,50,56)(H3,40,45,51)(H3,41,46,52)/t32-,33-/m1/s1. The Balaban J connectivity index is 1.16. The third kappa shape index (κ3) is 16.8. The molecule has 2 aromatic heterocycles. The van der Waals surface area contributed by atoms with Gasteiger partial charge in [0.2, 0.25) is 23.6 Å². The Morgan fingerprint density at radius 3 is 1.50 bits per heavy atom. The molecule has 0 bridgehead atoms. The summed E-state index contributed by atoms with van der Waals surface area (Å²) in [6.07, 6.45) is 6.72. The Labute approximate surface area is 356 Å². The van der Waals surface area contributed by atoms with Crippen molar-refractivity contribution in [2.24, 2.45) is 21.5 Å². The molecule has 2 atom stereocenters. The number of rotatable bonds is 27. The van der Waals surface area contributed by atoms with Crippen LogP contribution in [0.3, 0.4) is 0 Å². The number of fused-ring (bicyclic) bond motifs is 2. The maximum absolute atomic E-state index is 13.2. The van der Waals surface area contributed by atoms with Crippen molar-refractivity contribution in [1.82, 2.24) is 47.4 Å². The van der Waals surface area contributed by atoms with Crippen molar-refractivity contribution >= 4 is 57.4 Å². The fourth-order valence-corrected chi connectivity index (χ4v) is 6.56. The van der Waals surface area contributed by atoms with Gasteiger partial charge in [-0.15, -0.1) is 0 Å². The van der Waals surface area contributed by atoms with E-state index < -0.39 is 22.1 Å². The number of amides is 4. The average molecular weight is 862 g/mol. The highest BCUT2D eigenvalue weighted by Gasteiger charge is 2.22. The van der Waals surface area contributed by atoms with Gasteiger partial charge in [-0.2, -0.15) is 0 Å². The van der Waals surface area contributed by atoms with E-state index in [1.54, 1.807) is 23.2 Å². The molecule has 2 heterocycles. The van der Waals surface area contributed by atoms with Gasteiger partial charge < -0.3 is 48.0 Å². The number of H-pyrrole nitrogens is 2. The number of aromatic nitrogens is 2. The molecular weight excluding hydrogens is 807 g/mol. The van der Waals surface area contributed by atoms with Crippen LogP contribution in [0.5, 0.6) is 0 Å². The SMILES string of the molecule is NC(=NCCC[C@@H](NC(=O)Cc1c[nH]c2ccccc12)C(=O)NCCCCNCCCNC(=O)[C@@H](CCCN=C(N)N[N+](=O)[O-])NC(=O)Cc1c[nH]c2ccccc12)N[N+](=O)[O-]. The Hall–Kier alpha value is -7.30. The molecule has 334 valence electrons. The minimum atomic E-state index is -0.867. The molecule has 4 rings (SSSR count). The highest BCUT2D eigenvalue weighted by atomic mass is 16.7.